The van der Waals surface area contributed by atoms with Crippen molar-refractivity contribution in [3.8, 4) is 0 Å². The maximum atomic E-state index is 11.7. The molecule has 0 atom stereocenters. The highest BCUT2D eigenvalue weighted by atomic mass is 35.5. The van der Waals surface area contributed by atoms with Gasteiger partial charge in [-0.2, -0.15) is 0 Å². The highest BCUT2D eigenvalue weighted by Crippen LogP contribution is 2.16. The molecule has 18 heavy (non-hydrogen) atoms. The normalized spacial score (nSPS) is 10.4. The number of benzene rings is 1. The molecule has 0 fully saturated rings. The first-order valence-electron chi connectivity index (χ1n) is 5.80. The van der Waals surface area contributed by atoms with E-state index in [9.17, 15) is 4.79 Å². The van der Waals surface area contributed by atoms with Crippen molar-refractivity contribution in [2.75, 3.05) is 26.0 Å². The van der Waals surface area contributed by atoms with Crippen molar-refractivity contribution in [3.05, 3.63) is 34.9 Å². The third-order valence-electron chi connectivity index (χ3n) is 2.46. The Hall–Kier alpha value is -0.710. The molecule has 0 saturated carbocycles. The Labute approximate surface area is 117 Å². The molecule has 0 aliphatic heterocycles. The quantitative estimate of drug-likeness (QED) is 0.837. The van der Waals surface area contributed by atoms with Crippen molar-refractivity contribution in [3.63, 3.8) is 0 Å². The van der Waals surface area contributed by atoms with Crippen LogP contribution < -0.4 is 0 Å². The lowest BCUT2D eigenvalue weighted by molar-refractivity contribution is -0.127. The average molecular weight is 288 g/mol. The zero-order valence-electron chi connectivity index (χ0n) is 10.4. The molecule has 0 spiro atoms. The first-order valence-corrected chi connectivity index (χ1v) is 7.33. The molecular weight excluding hydrogens is 270 g/mol. The number of carbonyl (C=O) groups is 1. The number of halogens is 1. The summed E-state index contributed by atoms with van der Waals surface area (Å²) < 4.78 is 0. The van der Waals surface area contributed by atoms with Gasteiger partial charge in [-0.3, -0.25) is 4.79 Å². The van der Waals surface area contributed by atoms with Gasteiger partial charge in [-0.1, -0.05) is 23.7 Å². The lowest BCUT2D eigenvalue weighted by Gasteiger charge is -2.16. The molecule has 0 bridgehead atoms. The SMILES string of the molecule is CN(CCCO)C(=O)CSCc1cccc(Cl)c1. The second kappa shape index (κ2) is 8.40. The average Bonchev–Trinajstić information content (AvgIpc) is 2.35. The Kier molecular flexibility index (Phi) is 7.16. The van der Waals surface area contributed by atoms with Crippen LogP contribution >= 0.6 is 23.4 Å². The summed E-state index contributed by atoms with van der Waals surface area (Å²) in [4.78, 5) is 13.4. The molecule has 0 saturated heterocycles. The molecule has 3 nitrogen and oxygen atoms in total. The lowest BCUT2D eigenvalue weighted by Crippen LogP contribution is -2.29. The number of thioether (sulfide) groups is 1. The Morgan fingerprint density at radius 1 is 1.50 bits per heavy atom. The second-order valence-corrected chi connectivity index (χ2v) is 5.44. The van der Waals surface area contributed by atoms with Gasteiger partial charge >= 0.3 is 0 Å². The Morgan fingerprint density at radius 3 is 2.94 bits per heavy atom. The molecule has 1 amide bonds. The van der Waals surface area contributed by atoms with Gasteiger partial charge < -0.3 is 10.0 Å². The summed E-state index contributed by atoms with van der Waals surface area (Å²) in [6, 6.07) is 7.66. The molecule has 0 heterocycles. The van der Waals surface area contributed by atoms with Crippen LogP contribution in [0.3, 0.4) is 0 Å². The fraction of sp³-hybridized carbons (Fsp3) is 0.462. The predicted octanol–water partition coefficient (Wildman–Crippen LogP) is 2.41. The van der Waals surface area contributed by atoms with Crippen LogP contribution in [0, 0.1) is 0 Å². The Morgan fingerprint density at radius 2 is 2.28 bits per heavy atom. The third-order valence-corrected chi connectivity index (χ3v) is 3.68. The Balaban J connectivity index is 2.27. The topological polar surface area (TPSA) is 40.5 Å². The minimum atomic E-state index is 0.0930. The van der Waals surface area contributed by atoms with E-state index in [-0.39, 0.29) is 12.5 Å². The van der Waals surface area contributed by atoms with Gasteiger partial charge in [0.2, 0.25) is 5.91 Å². The van der Waals surface area contributed by atoms with E-state index in [0.717, 1.165) is 16.3 Å². The first kappa shape index (κ1) is 15.3. The predicted molar refractivity (Wildman–Crippen MR) is 77.0 cm³/mol. The van der Waals surface area contributed by atoms with Gasteiger partial charge in [0.05, 0.1) is 5.75 Å². The van der Waals surface area contributed by atoms with Gasteiger partial charge in [0.1, 0.15) is 0 Å². The number of hydrogen-bond acceptors (Lipinski definition) is 3. The number of aliphatic hydroxyl groups excluding tert-OH is 1. The van der Waals surface area contributed by atoms with Crippen LogP contribution in [0.1, 0.15) is 12.0 Å². The number of aliphatic hydroxyl groups is 1. The molecule has 1 aromatic rings. The van der Waals surface area contributed by atoms with Crippen molar-refractivity contribution in [1.29, 1.82) is 0 Å². The lowest BCUT2D eigenvalue weighted by atomic mass is 10.2. The van der Waals surface area contributed by atoms with Gasteiger partial charge in [-0.25, -0.2) is 0 Å². The van der Waals surface area contributed by atoms with E-state index in [1.165, 1.54) is 0 Å². The molecule has 0 aliphatic carbocycles. The second-order valence-electron chi connectivity index (χ2n) is 4.02. The van der Waals surface area contributed by atoms with Crippen LogP contribution in [-0.4, -0.2) is 41.9 Å². The van der Waals surface area contributed by atoms with Crippen molar-refractivity contribution < 1.29 is 9.90 Å². The number of rotatable bonds is 7. The summed E-state index contributed by atoms with van der Waals surface area (Å²) in [5, 5.41) is 9.41. The van der Waals surface area contributed by atoms with E-state index in [2.05, 4.69) is 0 Å². The minimum Gasteiger partial charge on any atom is -0.396 e. The van der Waals surface area contributed by atoms with Gasteiger partial charge in [0.25, 0.3) is 0 Å². The molecule has 1 N–H and O–H groups in total. The van der Waals surface area contributed by atoms with Crippen molar-refractivity contribution in [2.45, 2.75) is 12.2 Å². The first-order chi connectivity index (χ1) is 8.63. The molecule has 0 radical (unpaired) electrons. The van der Waals surface area contributed by atoms with E-state index in [0.29, 0.717) is 18.7 Å². The van der Waals surface area contributed by atoms with Gasteiger partial charge in [0.15, 0.2) is 0 Å². The molecule has 100 valence electrons. The minimum absolute atomic E-state index is 0.0930. The van der Waals surface area contributed by atoms with E-state index in [1.54, 1.807) is 23.7 Å². The van der Waals surface area contributed by atoms with Crippen LogP contribution in [0.4, 0.5) is 0 Å². The van der Waals surface area contributed by atoms with Gasteiger partial charge in [0, 0.05) is 31.0 Å². The molecule has 5 heteroatoms. The third kappa shape index (κ3) is 5.76. The summed E-state index contributed by atoms with van der Waals surface area (Å²) in [6.45, 7) is 0.723. The molecule has 1 rings (SSSR count). The molecule has 0 aromatic heterocycles. The standard InChI is InChI=1S/C13H18ClNO2S/c1-15(6-3-7-16)13(17)10-18-9-11-4-2-5-12(14)8-11/h2,4-5,8,16H,3,6-7,9-10H2,1H3. The highest BCUT2D eigenvalue weighted by Gasteiger charge is 2.08. The van der Waals surface area contributed by atoms with Crippen molar-refractivity contribution in [2.24, 2.45) is 0 Å². The number of nitrogens with zero attached hydrogens (tertiary/aromatic N) is 1. The fourth-order valence-electron chi connectivity index (χ4n) is 1.43. The van der Waals surface area contributed by atoms with E-state index < -0.39 is 0 Å². The smallest absolute Gasteiger partial charge is 0.232 e. The highest BCUT2D eigenvalue weighted by molar-refractivity contribution is 7.99. The van der Waals surface area contributed by atoms with Crippen molar-refractivity contribution in [1.82, 2.24) is 4.90 Å². The molecule has 0 unspecified atom stereocenters. The number of hydrogen-bond donors (Lipinski definition) is 1. The van der Waals surface area contributed by atoms with E-state index in [4.69, 9.17) is 16.7 Å². The number of carbonyl (C=O) groups excluding carboxylic acids is 1. The van der Waals surface area contributed by atoms with Crippen LogP contribution in [0.15, 0.2) is 24.3 Å². The summed E-state index contributed by atoms with van der Waals surface area (Å²) in [5.74, 6) is 1.32. The van der Waals surface area contributed by atoms with Crippen molar-refractivity contribution >= 4 is 29.3 Å². The van der Waals surface area contributed by atoms with Crippen LogP contribution in [0.5, 0.6) is 0 Å². The van der Waals surface area contributed by atoms with Crippen LogP contribution in [0.2, 0.25) is 5.02 Å². The Bertz CT molecular complexity index is 387. The summed E-state index contributed by atoms with van der Waals surface area (Å²) in [7, 11) is 1.76. The fourth-order valence-corrected chi connectivity index (χ4v) is 2.55. The molecule has 1 aromatic carbocycles. The van der Waals surface area contributed by atoms with E-state index >= 15 is 0 Å². The monoisotopic (exact) mass is 287 g/mol. The van der Waals surface area contributed by atoms with Crippen LogP contribution in [-0.2, 0) is 10.5 Å². The maximum Gasteiger partial charge on any atom is 0.232 e. The molecule has 0 aliphatic rings. The molecular formula is C13H18ClNO2S. The zero-order valence-corrected chi connectivity index (χ0v) is 12.0. The zero-order chi connectivity index (χ0) is 13.4. The largest absolute Gasteiger partial charge is 0.396 e. The van der Waals surface area contributed by atoms with Gasteiger partial charge in [-0.05, 0) is 24.1 Å². The maximum absolute atomic E-state index is 11.7. The number of amides is 1. The summed E-state index contributed by atoms with van der Waals surface area (Å²) in [6.07, 6.45) is 0.626. The van der Waals surface area contributed by atoms with Gasteiger partial charge in [-0.15, -0.1) is 11.8 Å². The summed E-state index contributed by atoms with van der Waals surface area (Å²) >= 11 is 7.46. The van der Waals surface area contributed by atoms with Crippen LogP contribution in [0.25, 0.3) is 0 Å². The summed E-state index contributed by atoms with van der Waals surface area (Å²) in [5.41, 5.74) is 1.12. The van der Waals surface area contributed by atoms with E-state index in [1.807, 2.05) is 24.3 Å².